The Morgan fingerprint density at radius 2 is 1.77 bits per heavy atom. The zero-order chi connectivity index (χ0) is 21.3. The number of carbonyl (C=O) groups is 1. The first kappa shape index (κ1) is 19.7. The van der Waals surface area contributed by atoms with Gasteiger partial charge < -0.3 is 4.74 Å². The number of hydrogen-bond donors (Lipinski definition) is 1. The van der Waals surface area contributed by atoms with Crippen molar-refractivity contribution >= 4 is 22.6 Å². The third-order valence-electron chi connectivity index (χ3n) is 4.56. The summed E-state index contributed by atoms with van der Waals surface area (Å²) in [5.41, 5.74) is 5.14. The molecule has 0 atom stereocenters. The van der Waals surface area contributed by atoms with Gasteiger partial charge in [-0.05, 0) is 68.3 Å². The Hall–Kier alpha value is -3.59. The largest absolute Gasteiger partial charge is 0.497 e. The van der Waals surface area contributed by atoms with Gasteiger partial charge in [-0.1, -0.05) is 11.3 Å². The highest BCUT2D eigenvalue weighted by Gasteiger charge is 2.18. The minimum atomic E-state index is -0.268. The van der Waals surface area contributed by atoms with Crippen molar-refractivity contribution in [3.63, 3.8) is 0 Å². The normalized spacial score (nSPS) is 10.8. The number of ether oxygens (including phenoxy) is 1. The molecule has 0 aliphatic carbocycles. The van der Waals surface area contributed by atoms with Crippen LogP contribution in [0.2, 0.25) is 0 Å². The Bertz CT molecular complexity index is 1190. The van der Waals surface area contributed by atoms with Gasteiger partial charge >= 0.3 is 0 Å². The molecule has 0 fully saturated rings. The minimum Gasteiger partial charge on any atom is -0.497 e. The molecule has 0 radical (unpaired) electrons. The summed E-state index contributed by atoms with van der Waals surface area (Å²) >= 11 is 1.10. The molecule has 2 heterocycles. The number of methoxy groups -OCH3 is 1. The molecule has 8 nitrogen and oxygen atoms in total. The van der Waals surface area contributed by atoms with Crippen molar-refractivity contribution in [2.24, 2.45) is 0 Å². The third-order valence-corrected chi connectivity index (χ3v) is 5.19. The fourth-order valence-corrected chi connectivity index (χ4v) is 3.70. The second kappa shape index (κ2) is 8.03. The molecule has 9 heteroatoms. The van der Waals surface area contributed by atoms with E-state index >= 15 is 0 Å². The number of aromatic nitrogens is 5. The topological polar surface area (TPSA) is 94.8 Å². The Morgan fingerprint density at radius 1 is 1.07 bits per heavy atom. The van der Waals surface area contributed by atoms with Gasteiger partial charge in [0.1, 0.15) is 5.75 Å². The Labute approximate surface area is 177 Å². The van der Waals surface area contributed by atoms with Gasteiger partial charge in [0.2, 0.25) is 5.13 Å². The van der Waals surface area contributed by atoms with Crippen LogP contribution in [0.4, 0.5) is 5.13 Å². The Balaban J connectivity index is 1.55. The molecule has 4 rings (SSSR count). The van der Waals surface area contributed by atoms with E-state index in [1.54, 1.807) is 36.1 Å². The molecule has 0 saturated carbocycles. The SMILES string of the molecule is COc1ccc(C(=O)Nc2nc(-c3nnn(-c4cc(C)cc(C)c4)c3C)ns2)cc1. The van der Waals surface area contributed by atoms with Gasteiger partial charge in [0.15, 0.2) is 11.5 Å². The molecular formula is C21H20N6O2S. The molecule has 1 amide bonds. The summed E-state index contributed by atoms with van der Waals surface area (Å²) in [4.78, 5) is 16.9. The summed E-state index contributed by atoms with van der Waals surface area (Å²) in [5, 5.41) is 11.7. The number of amides is 1. The fourth-order valence-electron chi connectivity index (χ4n) is 3.14. The van der Waals surface area contributed by atoms with Crippen molar-refractivity contribution in [1.82, 2.24) is 24.4 Å². The summed E-state index contributed by atoms with van der Waals surface area (Å²) in [6.07, 6.45) is 0. The van der Waals surface area contributed by atoms with Gasteiger partial charge in [-0.15, -0.1) is 5.10 Å². The lowest BCUT2D eigenvalue weighted by atomic mass is 10.1. The first-order chi connectivity index (χ1) is 14.4. The second-order valence-corrected chi connectivity index (χ2v) is 7.64. The van der Waals surface area contributed by atoms with Crippen molar-refractivity contribution in [2.45, 2.75) is 20.8 Å². The summed E-state index contributed by atoms with van der Waals surface area (Å²) in [7, 11) is 1.58. The van der Waals surface area contributed by atoms with Crippen molar-refractivity contribution < 1.29 is 9.53 Å². The van der Waals surface area contributed by atoms with Crippen molar-refractivity contribution in [1.29, 1.82) is 0 Å². The zero-order valence-corrected chi connectivity index (χ0v) is 17.8. The van der Waals surface area contributed by atoms with Crippen molar-refractivity contribution in [3.05, 3.63) is 64.8 Å². The summed E-state index contributed by atoms with van der Waals surface area (Å²) < 4.78 is 11.2. The molecule has 0 aliphatic heterocycles. The molecule has 30 heavy (non-hydrogen) atoms. The predicted octanol–water partition coefficient (Wildman–Crippen LogP) is 3.97. The molecular weight excluding hydrogens is 400 g/mol. The summed E-state index contributed by atoms with van der Waals surface area (Å²) in [6, 6.07) is 13.0. The van der Waals surface area contributed by atoms with E-state index in [1.165, 1.54) is 0 Å². The van der Waals surface area contributed by atoms with Crippen LogP contribution in [-0.2, 0) is 0 Å². The van der Waals surface area contributed by atoms with Gasteiger partial charge in [0, 0.05) is 17.1 Å². The van der Waals surface area contributed by atoms with E-state index in [0.717, 1.165) is 34.0 Å². The van der Waals surface area contributed by atoms with Gasteiger partial charge in [0.05, 0.1) is 18.5 Å². The molecule has 0 aliphatic rings. The maximum Gasteiger partial charge on any atom is 0.257 e. The molecule has 2 aromatic carbocycles. The lowest BCUT2D eigenvalue weighted by Crippen LogP contribution is -2.11. The zero-order valence-electron chi connectivity index (χ0n) is 17.0. The number of aryl methyl sites for hydroxylation is 2. The van der Waals surface area contributed by atoms with E-state index < -0.39 is 0 Å². The number of nitrogens with one attached hydrogen (secondary N) is 1. The average Bonchev–Trinajstić information content (AvgIpc) is 3.33. The average molecular weight is 420 g/mol. The van der Waals surface area contributed by atoms with Gasteiger partial charge in [-0.25, -0.2) is 4.68 Å². The highest BCUT2D eigenvalue weighted by Crippen LogP contribution is 2.25. The number of carbonyl (C=O) groups excluding carboxylic acids is 1. The molecule has 0 saturated heterocycles. The van der Waals surface area contributed by atoms with Crippen LogP contribution in [0.15, 0.2) is 42.5 Å². The summed E-state index contributed by atoms with van der Waals surface area (Å²) in [6.45, 7) is 6.01. The highest BCUT2D eigenvalue weighted by atomic mass is 32.1. The summed E-state index contributed by atoms with van der Waals surface area (Å²) in [5.74, 6) is 0.848. The lowest BCUT2D eigenvalue weighted by Gasteiger charge is -2.06. The van der Waals surface area contributed by atoms with Gasteiger partial charge in [-0.3, -0.25) is 10.1 Å². The van der Waals surface area contributed by atoms with Gasteiger partial charge in [0.25, 0.3) is 5.91 Å². The number of anilines is 1. The van der Waals surface area contributed by atoms with Crippen LogP contribution in [0.5, 0.6) is 5.75 Å². The van der Waals surface area contributed by atoms with E-state index in [9.17, 15) is 4.79 Å². The van der Waals surface area contributed by atoms with E-state index in [0.29, 0.717) is 28.0 Å². The van der Waals surface area contributed by atoms with Crippen LogP contribution in [0.25, 0.3) is 17.2 Å². The van der Waals surface area contributed by atoms with E-state index in [2.05, 4.69) is 31.1 Å². The van der Waals surface area contributed by atoms with Crippen LogP contribution in [0.1, 0.15) is 27.2 Å². The van der Waals surface area contributed by atoms with Crippen LogP contribution < -0.4 is 10.1 Å². The second-order valence-electron chi connectivity index (χ2n) is 6.89. The lowest BCUT2D eigenvalue weighted by molar-refractivity contribution is 0.102. The van der Waals surface area contributed by atoms with Gasteiger partial charge in [-0.2, -0.15) is 9.36 Å². The third kappa shape index (κ3) is 3.92. The standard InChI is InChI=1S/C21H20N6O2S/c1-12-9-13(2)11-16(10-12)27-14(3)18(24-26-27)19-22-21(30-25-19)23-20(28)15-5-7-17(29-4)8-6-15/h5-11H,1-4H3,(H,22,23,25,28). The fraction of sp³-hybridized carbons (Fsp3) is 0.190. The van der Waals surface area contributed by atoms with E-state index in [4.69, 9.17) is 4.74 Å². The quantitative estimate of drug-likeness (QED) is 0.525. The first-order valence-corrected chi connectivity index (χ1v) is 10.0. The van der Waals surface area contributed by atoms with Crippen molar-refractivity contribution in [3.8, 4) is 23.0 Å². The first-order valence-electron chi connectivity index (χ1n) is 9.25. The molecule has 4 aromatic rings. The molecule has 152 valence electrons. The van der Waals surface area contributed by atoms with E-state index in [1.807, 2.05) is 32.9 Å². The number of rotatable bonds is 5. The van der Waals surface area contributed by atoms with Crippen LogP contribution >= 0.6 is 11.5 Å². The molecule has 2 aromatic heterocycles. The molecule has 0 spiro atoms. The number of benzene rings is 2. The smallest absolute Gasteiger partial charge is 0.257 e. The Morgan fingerprint density at radius 3 is 2.43 bits per heavy atom. The Kier molecular flexibility index (Phi) is 5.28. The number of nitrogens with zero attached hydrogens (tertiary/aromatic N) is 5. The maximum atomic E-state index is 12.4. The maximum absolute atomic E-state index is 12.4. The van der Waals surface area contributed by atoms with Crippen LogP contribution in [-0.4, -0.2) is 37.4 Å². The van der Waals surface area contributed by atoms with Crippen LogP contribution in [0, 0.1) is 20.8 Å². The van der Waals surface area contributed by atoms with Crippen LogP contribution in [0.3, 0.4) is 0 Å². The number of hydrogen-bond acceptors (Lipinski definition) is 7. The predicted molar refractivity (Wildman–Crippen MR) is 115 cm³/mol. The molecule has 1 N–H and O–H groups in total. The molecule has 0 unspecified atom stereocenters. The monoisotopic (exact) mass is 420 g/mol. The van der Waals surface area contributed by atoms with E-state index in [-0.39, 0.29) is 5.91 Å². The van der Waals surface area contributed by atoms with Crippen molar-refractivity contribution in [2.75, 3.05) is 12.4 Å². The minimum absolute atomic E-state index is 0.268. The molecule has 0 bridgehead atoms. The highest BCUT2D eigenvalue weighted by molar-refractivity contribution is 7.10.